The van der Waals surface area contributed by atoms with Gasteiger partial charge in [-0.05, 0) is 37.2 Å². The average Bonchev–Trinajstić information content (AvgIpc) is 2.71. The predicted molar refractivity (Wildman–Crippen MR) is 119 cm³/mol. The number of piperazine rings is 1. The average molecular weight is 431 g/mol. The Morgan fingerprint density at radius 2 is 1.83 bits per heavy atom. The zero-order chi connectivity index (χ0) is 21.9. The number of aryl methyl sites for hydroxylation is 1. The zero-order valence-corrected chi connectivity index (χ0v) is 18.8. The van der Waals surface area contributed by atoms with Crippen molar-refractivity contribution in [1.29, 1.82) is 0 Å². The Balaban J connectivity index is 1.75. The van der Waals surface area contributed by atoms with E-state index in [1.54, 1.807) is 19.1 Å². The van der Waals surface area contributed by atoms with Gasteiger partial charge in [-0.1, -0.05) is 36.4 Å². The van der Waals surface area contributed by atoms with Gasteiger partial charge in [-0.25, -0.2) is 12.7 Å². The second-order valence-electron chi connectivity index (χ2n) is 7.98. The minimum absolute atomic E-state index is 0.137. The van der Waals surface area contributed by atoms with Gasteiger partial charge in [-0.2, -0.15) is 0 Å². The van der Waals surface area contributed by atoms with E-state index in [2.05, 4.69) is 34.3 Å². The molecule has 0 bridgehead atoms. The van der Waals surface area contributed by atoms with E-state index in [9.17, 15) is 13.2 Å². The molecular formula is C22H30N4O3S. The largest absolute Gasteiger partial charge is 0.325 e. The van der Waals surface area contributed by atoms with Crippen LogP contribution in [-0.4, -0.2) is 75.8 Å². The summed E-state index contributed by atoms with van der Waals surface area (Å²) in [6.45, 7) is 4.53. The molecule has 162 valence electrons. The monoisotopic (exact) mass is 430 g/mol. The van der Waals surface area contributed by atoms with Crippen molar-refractivity contribution in [3.8, 4) is 0 Å². The number of sulfonamides is 1. The van der Waals surface area contributed by atoms with Gasteiger partial charge in [0.15, 0.2) is 0 Å². The maximum atomic E-state index is 12.8. The number of rotatable bonds is 6. The van der Waals surface area contributed by atoms with E-state index in [4.69, 9.17) is 0 Å². The van der Waals surface area contributed by atoms with Crippen molar-refractivity contribution >= 4 is 21.6 Å². The van der Waals surface area contributed by atoms with Gasteiger partial charge in [-0.3, -0.25) is 9.69 Å². The second kappa shape index (κ2) is 9.26. The van der Waals surface area contributed by atoms with Crippen LogP contribution in [-0.2, 0) is 14.8 Å². The molecule has 2 aromatic rings. The Bertz CT molecular complexity index is 993. The highest BCUT2D eigenvalue weighted by Gasteiger charge is 2.28. The fraction of sp³-hybridized carbons (Fsp3) is 0.409. The Labute approximate surface area is 179 Å². The van der Waals surface area contributed by atoms with Crippen LogP contribution in [0.3, 0.4) is 0 Å². The Morgan fingerprint density at radius 3 is 2.50 bits per heavy atom. The smallest absolute Gasteiger partial charge is 0.242 e. The van der Waals surface area contributed by atoms with Crippen LogP contribution in [0.2, 0.25) is 0 Å². The zero-order valence-electron chi connectivity index (χ0n) is 18.0. The predicted octanol–water partition coefficient (Wildman–Crippen LogP) is 2.17. The summed E-state index contributed by atoms with van der Waals surface area (Å²) in [6.07, 6.45) is 0. The maximum absolute atomic E-state index is 12.8. The van der Waals surface area contributed by atoms with Gasteiger partial charge < -0.3 is 10.2 Å². The first kappa shape index (κ1) is 22.4. The van der Waals surface area contributed by atoms with Crippen LogP contribution in [0.4, 0.5) is 5.69 Å². The van der Waals surface area contributed by atoms with Crippen molar-refractivity contribution in [2.24, 2.45) is 0 Å². The molecule has 0 spiro atoms. The molecular weight excluding hydrogens is 400 g/mol. The van der Waals surface area contributed by atoms with Crippen LogP contribution in [0, 0.1) is 6.92 Å². The standard InChI is InChI=1S/C22H30N4O3S/c1-17-10-11-19(14-21(17)30(28,29)24(2)3)23-22(27)16-26-13-12-25(4)15-20(26)18-8-6-5-7-9-18/h5-11,14,20H,12-13,15-16H2,1-4H3,(H,23,27). The quantitative estimate of drug-likeness (QED) is 0.761. The second-order valence-corrected chi connectivity index (χ2v) is 10.1. The summed E-state index contributed by atoms with van der Waals surface area (Å²) in [5.41, 5.74) is 2.31. The fourth-order valence-electron chi connectivity index (χ4n) is 3.68. The lowest BCUT2D eigenvalue weighted by Crippen LogP contribution is -2.49. The number of hydrogen-bond donors (Lipinski definition) is 1. The molecule has 1 amide bonds. The molecule has 2 aromatic carbocycles. The molecule has 30 heavy (non-hydrogen) atoms. The minimum atomic E-state index is -3.58. The molecule has 0 saturated carbocycles. The molecule has 0 aliphatic carbocycles. The molecule has 0 aromatic heterocycles. The highest BCUT2D eigenvalue weighted by atomic mass is 32.2. The van der Waals surface area contributed by atoms with E-state index in [0.29, 0.717) is 11.3 Å². The molecule has 1 saturated heterocycles. The van der Waals surface area contributed by atoms with Gasteiger partial charge in [0, 0.05) is 45.5 Å². The van der Waals surface area contributed by atoms with Gasteiger partial charge in [0.25, 0.3) is 0 Å². The highest BCUT2D eigenvalue weighted by molar-refractivity contribution is 7.89. The van der Waals surface area contributed by atoms with E-state index in [1.807, 2.05) is 18.2 Å². The van der Waals surface area contributed by atoms with Crippen molar-refractivity contribution in [1.82, 2.24) is 14.1 Å². The minimum Gasteiger partial charge on any atom is -0.325 e. The molecule has 1 aliphatic heterocycles. The van der Waals surface area contributed by atoms with Crippen molar-refractivity contribution in [2.45, 2.75) is 17.9 Å². The number of carbonyl (C=O) groups is 1. The van der Waals surface area contributed by atoms with Crippen LogP contribution in [0.1, 0.15) is 17.2 Å². The summed E-state index contributed by atoms with van der Waals surface area (Å²) in [5.74, 6) is -0.155. The highest BCUT2D eigenvalue weighted by Crippen LogP contribution is 2.25. The first-order chi connectivity index (χ1) is 14.2. The lowest BCUT2D eigenvalue weighted by atomic mass is 10.0. The Morgan fingerprint density at radius 1 is 1.13 bits per heavy atom. The summed E-state index contributed by atoms with van der Waals surface area (Å²) in [5, 5.41) is 2.87. The molecule has 1 N–H and O–H groups in total. The van der Waals surface area contributed by atoms with Gasteiger partial charge in [0.1, 0.15) is 0 Å². The number of benzene rings is 2. The fourth-order valence-corrected chi connectivity index (χ4v) is 4.82. The first-order valence-corrected chi connectivity index (χ1v) is 11.4. The number of carbonyl (C=O) groups excluding carboxylic acids is 1. The topological polar surface area (TPSA) is 73.0 Å². The molecule has 1 fully saturated rings. The first-order valence-electron chi connectivity index (χ1n) is 9.99. The molecule has 1 heterocycles. The van der Waals surface area contributed by atoms with E-state index in [0.717, 1.165) is 19.6 Å². The third kappa shape index (κ3) is 5.07. The molecule has 3 rings (SSSR count). The van der Waals surface area contributed by atoms with E-state index >= 15 is 0 Å². The van der Waals surface area contributed by atoms with Crippen molar-refractivity contribution in [3.05, 3.63) is 59.7 Å². The number of hydrogen-bond acceptors (Lipinski definition) is 5. The van der Waals surface area contributed by atoms with Crippen LogP contribution in [0.5, 0.6) is 0 Å². The molecule has 1 atom stereocenters. The van der Waals surface area contributed by atoms with Crippen LogP contribution in [0.25, 0.3) is 0 Å². The van der Waals surface area contributed by atoms with Gasteiger partial charge in [0.2, 0.25) is 15.9 Å². The number of likely N-dealkylation sites (N-methyl/N-ethyl adjacent to an activating group) is 1. The van der Waals surface area contributed by atoms with Crippen molar-refractivity contribution in [3.63, 3.8) is 0 Å². The van der Waals surface area contributed by atoms with Crippen LogP contribution in [0.15, 0.2) is 53.4 Å². The van der Waals surface area contributed by atoms with Gasteiger partial charge >= 0.3 is 0 Å². The van der Waals surface area contributed by atoms with Gasteiger partial charge in [0.05, 0.1) is 11.4 Å². The summed E-state index contributed by atoms with van der Waals surface area (Å²) >= 11 is 0. The normalized spacial score (nSPS) is 18.5. The van der Waals surface area contributed by atoms with Crippen LogP contribution < -0.4 is 5.32 Å². The van der Waals surface area contributed by atoms with Crippen molar-refractivity contribution < 1.29 is 13.2 Å². The van der Waals surface area contributed by atoms with Crippen molar-refractivity contribution in [2.75, 3.05) is 52.6 Å². The van der Waals surface area contributed by atoms with Gasteiger partial charge in [-0.15, -0.1) is 0 Å². The lowest BCUT2D eigenvalue weighted by Gasteiger charge is -2.39. The third-order valence-electron chi connectivity index (χ3n) is 5.46. The molecule has 7 nitrogen and oxygen atoms in total. The van der Waals surface area contributed by atoms with E-state index < -0.39 is 10.0 Å². The lowest BCUT2D eigenvalue weighted by molar-refractivity contribution is -0.118. The summed E-state index contributed by atoms with van der Waals surface area (Å²) in [4.78, 5) is 17.4. The number of nitrogens with one attached hydrogen (secondary N) is 1. The summed E-state index contributed by atoms with van der Waals surface area (Å²) in [6, 6.07) is 15.3. The Kier molecular flexibility index (Phi) is 6.92. The Hall–Kier alpha value is -2.26. The molecule has 0 radical (unpaired) electrons. The molecule has 8 heteroatoms. The van der Waals surface area contributed by atoms with E-state index in [-0.39, 0.29) is 23.4 Å². The third-order valence-corrected chi connectivity index (χ3v) is 7.41. The summed E-state index contributed by atoms with van der Waals surface area (Å²) < 4.78 is 26.3. The number of amides is 1. The number of nitrogens with zero attached hydrogens (tertiary/aromatic N) is 3. The van der Waals surface area contributed by atoms with E-state index in [1.165, 1.54) is 30.0 Å². The summed E-state index contributed by atoms with van der Waals surface area (Å²) in [7, 11) is 1.51. The maximum Gasteiger partial charge on any atom is 0.242 e. The SMILES string of the molecule is Cc1ccc(NC(=O)CN2CCN(C)CC2c2ccccc2)cc1S(=O)(=O)N(C)C. The van der Waals surface area contributed by atoms with Crippen LogP contribution >= 0.6 is 0 Å². The number of anilines is 1. The molecule has 1 aliphatic rings. The molecule has 1 unspecified atom stereocenters.